The van der Waals surface area contributed by atoms with Crippen LogP contribution in [-0.2, 0) is 22.6 Å². The Hall–Kier alpha value is -0.900. The second-order valence-electron chi connectivity index (χ2n) is 9.41. The van der Waals surface area contributed by atoms with Gasteiger partial charge in [0.2, 0.25) is 0 Å². The molecule has 2 heterocycles. The van der Waals surface area contributed by atoms with Crippen LogP contribution in [0.25, 0.3) is 0 Å². The number of ether oxygens (including phenoxy) is 2. The Labute approximate surface area is 210 Å². The maximum atomic E-state index is 6.08. The third-order valence-electron chi connectivity index (χ3n) is 6.93. The highest BCUT2D eigenvalue weighted by molar-refractivity contribution is 14.0. The van der Waals surface area contributed by atoms with Gasteiger partial charge in [0.25, 0.3) is 0 Å². The standard InChI is InChI=1S/C25H40N4O2.HI/c1-26-25(28-23-9-12-29(18-23)17-20-5-2-3-6-20)27-16-21-7-4-8-22(15-21)19-31-24-10-13-30-14-11-24;/h4,7-8,15,20,23-24H,2-3,5-6,9-14,16-19H2,1H3,(H2,26,27,28);1H. The van der Waals surface area contributed by atoms with E-state index in [0.29, 0.717) is 18.8 Å². The van der Waals surface area contributed by atoms with E-state index in [2.05, 4.69) is 44.8 Å². The van der Waals surface area contributed by atoms with Crippen LogP contribution < -0.4 is 10.6 Å². The minimum absolute atomic E-state index is 0. The van der Waals surface area contributed by atoms with Crippen LogP contribution in [0.15, 0.2) is 29.3 Å². The first-order valence-corrected chi connectivity index (χ1v) is 12.2. The molecule has 7 heteroatoms. The van der Waals surface area contributed by atoms with Crippen LogP contribution >= 0.6 is 24.0 Å². The topological polar surface area (TPSA) is 58.1 Å². The molecule has 1 aliphatic carbocycles. The highest BCUT2D eigenvalue weighted by Gasteiger charge is 2.26. The SMILES string of the molecule is CN=C(NCc1cccc(COC2CCOCC2)c1)NC1CCN(CC2CCCC2)C1.I. The summed E-state index contributed by atoms with van der Waals surface area (Å²) in [5, 5.41) is 7.13. The van der Waals surface area contributed by atoms with Crippen LogP contribution in [0.3, 0.4) is 0 Å². The molecule has 1 aromatic carbocycles. The molecule has 3 fully saturated rings. The second kappa shape index (κ2) is 13.7. The van der Waals surface area contributed by atoms with E-state index in [1.54, 1.807) is 0 Å². The van der Waals surface area contributed by atoms with Crippen molar-refractivity contribution in [2.45, 2.75) is 70.2 Å². The second-order valence-corrected chi connectivity index (χ2v) is 9.41. The molecule has 0 aromatic heterocycles. The van der Waals surface area contributed by atoms with Gasteiger partial charge < -0.3 is 25.0 Å². The molecule has 0 radical (unpaired) electrons. The number of hydrogen-bond acceptors (Lipinski definition) is 4. The van der Waals surface area contributed by atoms with E-state index in [1.165, 1.54) is 56.3 Å². The van der Waals surface area contributed by atoms with Crippen molar-refractivity contribution in [1.29, 1.82) is 0 Å². The van der Waals surface area contributed by atoms with Crippen LogP contribution in [0.1, 0.15) is 56.1 Å². The molecule has 0 spiro atoms. The summed E-state index contributed by atoms with van der Waals surface area (Å²) in [4.78, 5) is 7.10. The first-order valence-electron chi connectivity index (χ1n) is 12.2. The number of nitrogens with one attached hydrogen (secondary N) is 2. The lowest BCUT2D eigenvalue weighted by Crippen LogP contribution is -2.44. The molecule has 1 atom stereocenters. The van der Waals surface area contributed by atoms with Crippen LogP contribution in [0, 0.1) is 5.92 Å². The lowest BCUT2D eigenvalue weighted by Gasteiger charge is -2.22. The monoisotopic (exact) mass is 556 g/mol. The van der Waals surface area contributed by atoms with Crippen molar-refractivity contribution in [3.63, 3.8) is 0 Å². The van der Waals surface area contributed by atoms with E-state index in [0.717, 1.165) is 51.0 Å². The number of hydrogen-bond donors (Lipinski definition) is 2. The van der Waals surface area contributed by atoms with Gasteiger partial charge in [-0.25, -0.2) is 0 Å². The fraction of sp³-hybridized carbons (Fsp3) is 0.720. The zero-order chi connectivity index (χ0) is 21.3. The molecule has 4 rings (SSSR count). The van der Waals surface area contributed by atoms with Gasteiger partial charge in [0.05, 0.1) is 12.7 Å². The molecule has 2 saturated heterocycles. The van der Waals surface area contributed by atoms with Gasteiger partial charge in [-0.05, 0) is 49.1 Å². The smallest absolute Gasteiger partial charge is 0.191 e. The summed E-state index contributed by atoms with van der Waals surface area (Å²) in [6.45, 7) is 6.71. The van der Waals surface area contributed by atoms with Crippen molar-refractivity contribution >= 4 is 29.9 Å². The predicted molar refractivity (Wildman–Crippen MR) is 141 cm³/mol. The molecule has 1 saturated carbocycles. The lowest BCUT2D eigenvalue weighted by atomic mass is 10.1. The Bertz CT molecular complexity index is 705. The van der Waals surface area contributed by atoms with Crippen molar-refractivity contribution < 1.29 is 9.47 Å². The first kappa shape index (κ1) is 25.7. The van der Waals surface area contributed by atoms with E-state index >= 15 is 0 Å². The minimum atomic E-state index is 0. The number of aliphatic imine (C=N–C) groups is 1. The summed E-state index contributed by atoms with van der Waals surface area (Å²) in [5.41, 5.74) is 2.48. The highest BCUT2D eigenvalue weighted by atomic mass is 127. The maximum absolute atomic E-state index is 6.08. The summed E-state index contributed by atoms with van der Waals surface area (Å²) >= 11 is 0. The van der Waals surface area contributed by atoms with Gasteiger partial charge in [0, 0.05) is 52.5 Å². The molecule has 3 aliphatic rings. The third-order valence-corrected chi connectivity index (χ3v) is 6.93. The Balaban J connectivity index is 0.00000289. The van der Waals surface area contributed by atoms with Crippen LogP contribution in [0.5, 0.6) is 0 Å². The minimum Gasteiger partial charge on any atom is -0.381 e. The molecule has 1 aromatic rings. The van der Waals surface area contributed by atoms with Gasteiger partial charge in [0.15, 0.2) is 5.96 Å². The van der Waals surface area contributed by atoms with Crippen LogP contribution in [0.2, 0.25) is 0 Å². The highest BCUT2D eigenvalue weighted by Crippen LogP contribution is 2.26. The van der Waals surface area contributed by atoms with Crippen molar-refractivity contribution in [2.75, 3.05) is 39.9 Å². The number of benzene rings is 1. The van der Waals surface area contributed by atoms with Crippen molar-refractivity contribution in [3.8, 4) is 0 Å². The third kappa shape index (κ3) is 8.15. The van der Waals surface area contributed by atoms with Crippen molar-refractivity contribution in [1.82, 2.24) is 15.5 Å². The maximum Gasteiger partial charge on any atom is 0.191 e. The molecule has 32 heavy (non-hydrogen) atoms. The summed E-state index contributed by atoms with van der Waals surface area (Å²) in [7, 11) is 1.86. The Morgan fingerprint density at radius 1 is 1.12 bits per heavy atom. The average Bonchev–Trinajstić information content (AvgIpc) is 3.48. The Morgan fingerprint density at radius 3 is 2.69 bits per heavy atom. The van der Waals surface area contributed by atoms with Gasteiger partial charge in [-0.1, -0.05) is 37.1 Å². The van der Waals surface area contributed by atoms with Crippen LogP contribution in [0.4, 0.5) is 0 Å². The largest absolute Gasteiger partial charge is 0.381 e. The van der Waals surface area contributed by atoms with Gasteiger partial charge >= 0.3 is 0 Å². The lowest BCUT2D eigenvalue weighted by molar-refractivity contribution is -0.0390. The molecule has 2 aliphatic heterocycles. The van der Waals surface area contributed by atoms with Crippen LogP contribution in [-0.4, -0.2) is 62.9 Å². The molecular formula is C25H41IN4O2. The zero-order valence-corrected chi connectivity index (χ0v) is 21.9. The molecule has 6 nitrogen and oxygen atoms in total. The fourth-order valence-electron chi connectivity index (χ4n) is 5.13. The first-order chi connectivity index (χ1) is 15.3. The number of halogens is 1. The molecule has 2 N–H and O–H groups in total. The fourth-order valence-corrected chi connectivity index (χ4v) is 5.13. The molecule has 1 unspecified atom stereocenters. The van der Waals surface area contributed by atoms with E-state index < -0.39 is 0 Å². The van der Waals surface area contributed by atoms with Gasteiger partial charge in [-0.2, -0.15) is 0 Å². The Kier molecular flexibility index (Phi) is 11.0. The molecule has 0 bridgehead atoms. The summed E-state index contributed by atoms with van der Waals surface area (Å²) < 4.78 is 11.5. The predicted octanol–water partition coefficient (Wildman–Crippen LogP) is 3.93. The number of rotatable bonds is 8. The van der Waals surface area contributed by atoms with E-state index in [4.69, 9.17) is 9.47 Å². The normalized spacial score (nSPS) is 23.3. The van der Waals surface area contributed by atoms with Crippen molar-refractivity contribution in [3.05, 3.63) is 35.4 Å². The van der Waals surface area contributed by atoms with E-state index in [9.17, 15) is 0 Å². The number of likely N-dealkylation sites (tertiary alicyclic amines) is 1. The number of nitrogens with zero attached hydrogens (tertiary/aromatic N) is 2. The van der Waals surface area contributed by atoms with Gasteiger partial charge in [-0.3, -0.25) is 4.99 Å². The summed E-state index contributed by atoms with van der Waals surface area (Å²) in [6.07, 6.45) is 9.25. The van der Waals surface area contributed by atoms with E-state index in [1.807, 2.05) is 7.05 Å². The van der Waals surface area contributed by atoms with E-state index in [-0.39, 0.29) is 24.0 Å². The summed E-state index contributed by atoms with van der Waals surface area (Å²) in [5.74, 6) is 1.83. The van der Waals surface area contributed by atoms with Gasteiger partial charge in [0.1, 0.15) is 0 Å². The molecular weight excluding hydrogens is 515 g/mol. The Morgan fingerprint density at radius 2 is 1.91 bits per heavy atom. The molecule has 180 valence electrons. The zero-order valence-electron chi connectivity index (χ0n) is 19.6. The van der Waals surface area contributed by atoms with Crippen molar-refractivity contribution in [2.24, 2.45) is 10.9 Å². The summed E-state index contributed by atoms with van der Waals surface area (Å²) in [6, 6.07) is 9.16. The van der Waals surface area contributed by atoms with Gasteiger partial charge in [-0.15, -0.1) is 24.0 Å². The quantitative estimate of drug-likeness (QED) is 0.289. The molecule has 0 amide bonds. The number of guanidine groups is 1. The average molecular weight is 557 g/mol.